The molecule has 0 aliphatic carbocycles. The summed E-state index contributed by atoms with van der Waals surface area (Å²) in [6, 6.07) is 13.8. The number of para-hydroxylation sites is 1. The molecule has 0 aliphatic heterocycles. The van der Waals surface area contributed by atoms with Crippen molar-refractivity contribution in [1.82, 2.24) is 15.0 Å². The lowest BCUT2D eigenvalue weighted by atomic mass is 10.1. The van der Waals surface area contributed by atoms with Crippen LogP contribution in [0.3, 0.4) is 0 Å². The van der Waals surface area contributed by atoms with E-state index in [-0.39, 0.29) is 23.8 Å². The smallest absolute Gasteiger partial charge is 0.270 e. The van der Waals surface area contributed by atoms with E-state index in [9.17, 15) is 14.7 Å². The Morgan fingerprint density at radius 3 is 2.65 bits per heavy atom. The van der Waals surface area contributed by atoms with Gasteiger partial charge in [-0.25, -0.2) is 9.97 Å². The second-order valence-electron chi connectivity index (χ2n) is 7.55. The number of aryl methyl sites for hydroxylation is 2. The first kappa shape index (κ1) is 23.0. The first-order valence-corrected chi connectivity index (χ1v) is 11.2. The maximum absolute atomic E-state index is 13.6. The van der Waals surface area contributed by atoms with Crippen LogP contribution in [-0.4, -0.2) is 33.1 Å². The van der Waals surface area contributed by atoms with Gasteiger partial charge in [0.25, 0.3) is 11.5 Å². The lowest BCUT2D eigenvalue weighted by molar-refractivity contribution is 0.0988. The van der Waals surface area contributed by atoms with Crippen molar-refractivity contribution in [1.29, 1.82) is 0 Å². The topological polar surface area (TPSA) is 120 Å². The van der Waals surface area contributed by atoms with Crippen molar-refractivity contribution in [3.63, 3.8) is 0 Å². The number of hydrogen-bond acceptors (Lipinski definition) is 8. The fourth-order valence-electron chi connectivity index (χ4n) is 3.48. The monoisotopic (exact) mass is 477 g/mol. The molecular formula is C24H23N5O4S. The Labute approximate surface area is 199 Å². The molecule has 4 rings (SSSR count). The number of H-pyrrole nitrogens is 1. The molecular weight excluding hydrogens is 454 g/mol. The van der Waals surface area contributed by atoms with Gasteiger partial charge in [-0.15, -0.1) is 0 Å². The zero-order chi connectivity index (χ0) is 24.2. The van der Waals surface area contributed by atoms with Crippen LogP contribution in [0.25, 0.3) is 0 Å². The molecule has 0 saturated heterocycles. The van der Waals surface area contributed by atoms with Crippen molar-refractivity contribution in [2.45, 2.75) is 20.4 Å². The second kappa shape index (κ2) is 9.75. The van der Waals surface area contributed by atoms with Crippen LogP contribution < -0.4 is 20.5 Å². The van der Waals surface area contributed by atoms with Gasteiger partial charge in [-0.05, 0) is 43.2 Å². The summed E-state index contributed by atoms with van der Waals surface area (Å²) in [7, 11) is 1.59. The number of phenolic OH excluding ortho intramolecular Hbond substituents is 1. The number of phenols is 1. The second-order valence-corrected chi connectivity index (χ2v) is 8.58. The summed E-state index contributed by atoms with van der Waals surface area (Å²) in [4.78, 5) is 38.3. The number of nitrogens with zero attached hydrogens (tertiary/aromatic N) is 3. The number of thiazole rings is 1. The first-order valence-electron chi connectivity index (χ1n) is 10.4. The van der Waals surface area contributed by atoms with E-state index in [2.05, 4.69) is 20.3 Å². The molecule has 0 fully saturated rings. The van der Waals surface area contributed by atoms with Crippen molar-refractivity contribution < 1.29 is 14.6 Å². The largest absolute Gasteiger partial charge is 0.506 e. The van der Waals surface area contributed by atoms with Crippen LogP contribution in [0.4, 0.5) is 16.6 Å². The molecule has 4 aromatic rings. The maximum atomic E-state index is 13.6. The van der Waals surface area contributed by atoms with E-state index in [1.807, 2.05) is 37.3 Å². The number of anilines is 3. The van der Waals surface area contributed by atoms with Gasteiger partial charge in [0, 0.05) is 6.07 Å². The number of nitrogens with one attached hydrogen (secondary N) is 2. The number of ether oxygens (including phenoxy) is 1. The molecule has 0 atom stereocenters. The van der Waals surface area contributed by atoms with Gasteiger partial charge in [0.1, 0.15) is 28.0 Å². The molecule has 0 spiro atoms. The fourth-order valence-corrected chi connectivity index (χ4v) is 4.25. The molecule has 9 nitrogen and oxygen atoms in total. The Bertz CT molecular complexity index is 1360. The van der Waals surface area contributed by atoms with Crippen LogP contribution in [0.2, 0.25) is 0 Å². The van der Waals surface area contributed by atoms with E-state index in [4.69, 9.17) is 4.74 Å². The van der Waals surface area contributed by atoms with Crippen LogP contribution in [-0.2, 0) is 6.54 Å². The average molecular weight is 478 g/mol. The number of methoxy groups -OCH3 is 1. The molecule has 0 aliphatic rings. The Balaban J connectivity index is 1.66. The van der Waals surface area contributed by atoms with Crippen molar-refractivity contribution in [3.8, 4) is 11.5 Å². The van der Waals surface area contributed by atoms with Crippen LogP contribution in [0.1, 0.15) is 26.6 Å². The summed E-state index contributed by atoms with van der Waals surface area (Å²) < 4.78 is 5.22. The van der Waals surface area contributed by atoms with Crippen LogP contribution in [0.15, 0.2) is 59.5 Å². The molecule has 0 unspecified atom stereocenters. The number of aromatic hydroxyl groups is 1. The molecule has 174 valence electrons. The van der Waals surface area contributed by atoms with Gasteiger partial charge < -0.3 is 20.1 Å². The third-order valence-corrected chi connectivity index (χ3v) is 5.94. The zero-order valence-corrected chi connectivity index (χ0v) is 19.6. The molecule has 2 heterocycles. The third-order valence-electron chi connectivity index (χ3n) is 5.04. The fraction of sp³-hybridized carbons (Fsp3) is 0.167. The quantitative estimate of drug-likeness (QED) is 0.366. The zero-order valence-electron chi connectivity index (χ0n) is 18.8. The molecule has 0 saturated carbocycles. The minimum Gasteiger partial charge on any atom is -0.506 e. The minimum atomic E-state index is -0.319. The van der Waals surface area contributed by atoms with Gasteiger partial charge in [0.05, 0.1) is 25.5 Å². The van der Waals surface area contributed by atoms with E-state index in [1.54, 1.807) is 26.2 Å². The molecule has 2 aromatic heterocycles. The number of carbonyl (C=O) groups is 1. The third kappa shape index (κ3) is 5.07. The Morgan fingerprint density at radius 1 is 1.21 bits per heavy atom. The van der Waals surface area contributed by atoms with Gasteiger partial charge in [-0.1, -0.05) is 35.6 Å². The van der Waals surface area contributed by atoms with Gasteiger partial charge in [-0.2, -0.15) is 0 Å². The summed E-state index contributed by atoms with van der Waals surface area (Å²) in [5.41, 5.74) is 1.76. The highest BCUT2D eigenvalue weighted by atomic mass is 32.1. The summed E-state index contributed by atoms with van der Waals surface area (Å²) in [6.07, 6.45) is 1.46. The number of benzene rings is 2. The predicted molar refractivity (Wildman–Crippen MR) is 131 cm³/mol. The number of hydrogen-bond donors (Lipinski definition) is 3. The maximum Gasteiger partial charge on any atom is 0.270 e. The molecule has 0 radical (unpaired) electrons. The normalized spacial score (nSPS) is 10.7. The number of rotatable bonds is 7. The van der Waals surface area contributed by atoms with Crippen LogP contribution in [0, 0.1) is 13.8 Å². The standard InChI is InChI=1S/C24H23N5O4S/c1-14-5-4-6-18(30)22(14)29(13-16-7-9-17(33-3)10-8-16)23(32)19-12-25-24(34-19)28-20-11-21(31)27-15(2)26-20/h4-12,30H,13H2,1-3H3,(H2,25,26,27,28,31). The van der Waals surface area contributed by atoms with E-state index in [0.29, 0.717) is 33.1 Å². The molecule has 34 heavy (non-hydrogen) atoms. The molecule has 2 aromatic carbocycles. The van der Waals surface area contributed by atoms with Crippen molar-refractivity contribution in [3.05, 3.63) is 86.9 Å². The van der Waals surface area contributed by atoms with Gasteiger partial charge >= 0.3 is 0 Å². The first-order chi connectivity index (χ1) is 16.3. The predicted octanol–water partition coefficient (Wildman–Crippen LogP) is 4.15. The highest BCUT2D eigenvalue weighted by Crippen LogP contribution is 2.34. The molecule has 10 heteroatoms. The summed E-state index contributed by atoms with van der Waals surface area (Å²) in [6.45, 7) is 3.75. The van der Waals surface area contributed by atoms with Gasteiger partial charge in [0.2, 0.25) is 0 Å². The van der Waals surface area contributed by atoms with Gasteiger partial charge in [-0.3, -0.25) is 14.5 Å². The summed E-state index contributed by atoms with van der Waals surface area (Å²) >= 11 is 1.13. The van der Waals surface area contributed by atoms with Gasteiger partial charge in [0.15, 0.2) is 5.13 Å². The van der Waals surface area contributed by atoms with E-state index < -0.39 is 0 Å². The highest BCUT2D eigenvalue weighted by molar-refractivity contribution is 7.17. The van der Waals surface area contributed by atoms with Crippen molar-refractivity contribution in [2.75, 3.05) is 17.3 Å². The Kier molecular flexibility index (Phi) is 6.60. The van der Waals surface area contributed by atoms with Crippen LogP contribution in [0.5, 0.6) is 11.5 Å². The Morgan fingerprint density at radius 2 is 1.97 bits per heavy atom. The molecule has 1 amide bonds. The van der Waals surface area contributed by atoms with E-state index in [1.165, 1.54) is 17.2 Å². The highest BCUT2D eigenvalue weighted by Gasteiger charge is 2.24. The minimum absolute atomic E-state index is 0.00733. The SMILES string of the molecule is COc1ccc(CN(C(=O)c2cnc(Nc3cc(=O)[nH]c(C)n3)s2)c2c(C)cccc2O)cc1. The van der Waals surface area contributed by atoms with Crippen molar-refractivity contribution in [2.24, 2.45) is 0 Å². The Hall–Kier alpha value is -4.18. The number of aromatic amines is 1. The average Bonchev–Trinajstić information content (AvgIpc) is 3.26. The summed E-state index contributed by atoms with van der Waals surface area (Å²) in [5, 5.41) is 14.0. The van der Waals surface area contributed by atoms with Crippen molar-refractivity contribution >= 4 is 33.9 Å². The number of amides is 1. The lowest BCUT2D eigenvalue weighted by Crippen LogP contribution is -2.30. The summed E-state index contributed by atoms with van der Waals surface area (Å²) in [5.74, 6) is 1.20. The van der Waals surface area contributed by atoms with E-state index >= 15 is 0 Å². The number of aromatic nitrogens is 3. The lowest BCUT2D eigenvalue weighted by Gasteiger charge is -2.25. The molecule has 3 N–H and O–H groups in total. The molecule has 0 bridgehead atoms. The number of carbonyl (C=O) groups excluding carboxylic acids is 1. The van der Waals surface area contributed by atoms with E-state index in [0.717, 1.165) is 22.5 Å². The van der Waals surface area contributed by atoms with Crippen LogP contribution >= 0.6 is 11.3 Å².